The summed E-state index contributed by atoms with van der Waals surface area (Å²) in [5, 5.41) is 0. The van der Waals surface area contributed by atoms with Gasteiger partial charge in [-0.15, -0.1) is 0 Å². The zero-order valence-corrected chi connectivity index (χ0v) is 20.7. The maximum absolute atomic E-state index is 12.7. The average Bonchev–Trinajstić information content (AvgIpc) is 2.83. The first kappa shape index (κ1) is 24.5. The normalized spacial score (nSPS) is 11.9. The lowest BCUT2D eigenvalue weighted by molar-refractivity contribution is 0.587. The summed E-state index contributed by atoms with van der Waals surface area (Å²) >= 11 is 0. The van der Waals surface area contributed by atoms with Gasteiger partial charge in [-0.25, -0.2) is 26.5 Å². The fourth-order valence-corrected chi connectivity index (χ4v) is 4.86. The summed E-state index contributed by atoms with van der Waals surface area (Å²) in [6, 6.07) is 15.4. The van der Waals surface area contributed by atoms with Crippen molar-refractivity contribution in [1.82, 2.24) is 19.7 Å². The van der Waals surface area contributed by atoms with Gasteiger partial charge < -0.3 is 4.90 Å². The smallest absolute Gasteiger partial charge is 0.261 e. The van der Waals surface area contributed by atoms with Gasteiger partial charge in [0.15, 0.2) is 0 Å². The van der Waals surface area contributed by atoms with Crippen LogP contribution in [0, 0.1) is 0 Å². The summed E-state index contributed by atoms with van der Waals surface area (Å²) in [7, 11) is -5.20. The van der Waals surface area contributed by atoms with Crippen LogP contribution in [0.15, 0.2) is 78.1 Å². The Kier molecular flexibility index (Phi) is 6.96. The van der Waals surface area contributed by atoms with Crippen molar-refractivity contribution in [1.29, 1.82) is 0 Å². The summed E-state index contributed by atoms with van der Waals surface area (Å²) < 4.78 is 52.9. The second-order valence-electron chi connectivity index (χ2n) is 7.90. The summed E-state index contributed by atoms with van der Waals surface area (Å²) in [5.41, 5.74) is 3.16. The molecule has 0 atom stereocenters. The number of nitrogens with one attached hydrogen (secondary N) is 2. The lowest BCUT2D eigenvalue weighted by atomic mass is 10.1. The number of hydrogen-bond acceptors (Lipinski definition) is 8. The molecule has 4 rings (SSSR count). The van der Waals surface area contributed by atoms with Crippen LogP contribution >= 0.6 is 0 Å². The summed E-state index contributed by atoms with van der Waals surface area (Å²) in [6.45, 7) is 0.660. The van der Waals surface area contributed by atoms with Crippen LogP contribution in [0.4, 0.5) is 11.5 Å². The molecule has 0 radical (unpaired) electrons. The molecule has 2 N–H and O–H groups in total. The maximum atomic E-state index is 12.7. The highest BCUT2D eigenvalue weighted by Gasteiger charge is 2.14. The van der Waals surface area contributed by atoms with Gasteiger partial charge in [-0.1, -0.05) is 24.3 Å². The summed E-state index contributed by atoms with van der Waals surface area (Å²) in [6.07, 6.45) is 5.83. The van der Waals surface area contributed by atoms with Gasteiger partial charge in [-0.3, -0.25) is 14.7 Å². The molecule has 10 nitrogen and oxygen atoms in total. The van der Waals surface area contributed by atoms with Crippen molar-refractivity contribution >= 4 is 42.6 Å². The highest BCUT2D eigenvalue weighted by atomic mass is 32.2. The van der Waals surface area contributed by atoms with E-state index in [9.17, 15) is 16.8 Å². The van der Waals surface area contributed by atoms with Gasteiger partial charge in [-0.2, -0.15) is 0 Å². The second kappa shape index (κ2) is 9.94. The molecule has 0 unspecified atom stereocenters. The molecule has 0 saturated carbocycles. The van der Waals surface area contributed by atoms with Crippen LogP contribution in [-0.4, -0.2) is 58.2 Å². The van der Waals surface area contributed by atoms with E-state index < -0.39 is 20.0 Å². The Bertz CT molecular complexity index is 1560. The number of anilines is 2. The number of hydrogen-bond donors (Lipinski definition) is 2. The minimum absolute atomic E-state index is 0.162. The minimum Gasteiger partial charge on any atom is -0.357 e. The van der Waals surface area contributed by atoms with Crippen LogP contribution in [0.25, 0.3) is 22.2 Å². The molecule has 0 spiro atoms. The Morgan fingerprint density at radius 2 is 1.66 bits per heavy atom. The number of fused-ring (bicyclic) bond motifs is 1. The van der Waals surface area contributed by atoms with Crippen LogP contribution in [0.3, 0.4) is 0 Å². The Hall–Kier alpha value is -3.61. The standard InChI is InChI=1S/C23H24N6O4S2/c1-29(11-10-26-34(2,30)31)23-16-25-21-9-8-17(13-22(21)27-23)18-12-19(15-24-14-18)28-35(32,33)20-6-4-3-5-7-20/h3-9,12-16,26,28H,10-11H2,1-2H3. The number of rotatable bonds is 9. The first-order valence-electron chi connectivity index (χ1n) is 10.6. The van der Waals surface area contributed by atoms with E-state index in [0.29, 0.717) is 34.6 Å². The van der Waals surface area contributed by atoms with Gasteiger partial charge in [0.05, 0.1) is 40.3 Å². The average molecular weight is 513 g/mol. The maximum Gasteiger partial charge on any atom is 0.261 e. The summed E-state index contributed by atoms with van der Waals surface area (Å²) in [4.78, 5) is 15.3. The van der Waals surface area contributed by atoms with Crippen LogP contribution in [0.2, 0.25) is 0 Å². The number of aromatic nitrogens is 3. The van der Waals surface area contributed by atoms with Crippen molar-refractivity contribution in [3.05, 3.63) is 73.2 Å². The van der Waals surface area contributed by atoms with Gasteiger partial charge >= 0.3 is 0 Å². The number of nitrogens with zero attached hydrogens (tertiary/aromatic N) is 4. The number of sulfonamides is 2. The van der Waals surface area contributed by atoms with E-state index in [-0.39, 0.29) is 11.4 Å². The van der Waals surface area contributed by atoms with Crippen molar-refractivity contribution in [2.45, 2.75) is 4.90 Å². The molecular formula is C23H24N6O4S2. The van der Waals surface area contributed by atoms with Gasteiger partial charge in [-0.05, 0) is 35.9 Å². The highest BCUT2D eigenvalue weighted by molar-refractivity contribution is 7.92. The lowest BCUT2D eigenvalue weighted by Crippen LogP contribution is -2.32. The molecule has 2 aromatic heterocycles. The summed E-state index contributed by atoms with van der Waals surface area (Å²) in [5.74, 6) is 0.590. The van der Waals surface area contributed by atoms with E-state index in [1.807, 2.05) is 18.2 Å². The van der Waals surface area contributed by atoms with E-state index in [2.05, 4.69) is 24.4 Å². The van der Waals surface area contributed by atoms with Gasteiger partial charge in [0.1, 0.15) is 5.82 Å². The van der Waals surface area contributed by atoms with E-state index >= 15 is 0 Å². The number of benzene rings is 2. The topological polar surface area (TPSA) is 134 Å². The zero-order chi connectivity index (χ0) is 25.1. The molecule has 0 saturated heterocycles. The highest BCUT2D eigenvalue weighted by Crippen LogP contribution is 2.26. The van der Waals surface area contributed by atoms with Crippen LogP contribution in [0.1, 0.15) is 0 Å². The van der Waals surface area contributed by atoms with Crippen LogP contribution < -0.4 is 14.3 Å². The fourth-order valence-electron chi connectivity index (χ4n) is 3.35. The minimum atomic E-state index is -3.74. The molecule has 35 heavy (non-hydrogen) atoms. The molecule has 182 valence electrons. The number of likely N-dealkylation sites (N-methyl/N-ethyl adjacent to an activating group) is 1. The second-order valence-corrected chi connectivity index (χ2v) is 11.4. The SMILES string of the molecule is CN(CCNS(C)(=O)=O)c1cnc2ccc(-c3cncc(NS(=O)(=O)c4ccccc4)c3)cc2n1. The van der Waals surface area contributed by atoms with Crippen molar-refractivity contribution in [3.63, 3.8) is 0 Å². The van der Waals surface area contributed by atoms with Crippen LogP contribution in [0.5, 0.6) is 0 Å². The van der Waals surface area contributed by atoms with Gasteiger partial charge in [0.2, 0.25) is 10.0 Å². The molecule has 12 heteroatoms. The third-order valence-corrected chi connectivity index (χ3v) is 7.24. The first-order chi connectivity index (χ1) is 16.6. The van der Waals surface area contributed by atoms with Crippen molar-refractivity contribution in [2.24, 2.45) is 0 Å². The molecule has 2 heterocycles. The van der Waals surface area contributed by atoms with Gasteiger partial charge in [0.25, 0.3) is 10.0 Å². The number of pyridine rings is 1. The third-order valence-electron chi connectivity index (χ3n) is 5.11. The predicted octanol–water partition coefficient (Wildman–Crippen LogP) is 2.48. The molecular weight excluding hydrogens is 488 g/mol. The largest absolute Gasteiger partial charge is 0.357 e. The zero-order valence-electron chi connectivity index (χ0n) is 19.1. The Labute approximate surface area is 204 Å². The van der Waals surface area contributed by atoms with Crippen LogP contribution in [-0.2, 0) is 20.0 Å². The molecule has 0 amide bonds. The van der Waals surface area contributed by atoms with E-state index in [4.69, 9.17) is 0 Å². The fraction of sp³-hybridized carbons (Fsp3) is 0.174. The van der Waals surface area contributed by atoms with E-state index in [0.717, 1.165) is 11.8 Å². The predicted molar refractivity (Wildman–Crippen MR) is 136 cm³/mol. The third kappa shape index (κ3) is 6.29. The monoisotopic (exact) mass is 512 g/mol. The molecule has 0 fully saturated rings. The lowest BCUT2D eigenvalue weighted by Gasteiger charge is -2.18. The van der Waals surface area contributed by atoms with Gasteiger partial charge in [0, 0.05) is 31.9 Å². The molecule has 0 bridgehead atoms. The van der Waals surface area contributed by atoms with E-state index in [1.165, 1.54) is 18.3 Å². The quantitative estimate of drug-likeness (QED) is 0.349. The Morgan fingerprint density at radius 1 is 0.886 bits per heavy atom. The van der Waals surface area contributed by atoms with E-state index in [1.54, 1.807) is 48.6 Å². The Balaban J connectivity index is 1.57. The van der Waals surface area contributed by atoms with Crippen molar-refractivity contribution < 1.29 is 16.8 Å². The molecule has 0 aliphatic heterocycles. The van der Waals surface area contributed by atoms with Crippen molar-refractivity contribution in [3.8, 4) is 11.1 Å². The molecule has 0 aliphatic rings. The molecule has 2 aromatic carbocycles. The Morgan fingerprint density at radius 3 is 2.40 bits per heavy atom. The van der Waals surface area contributed by atoms with Crippen molar-refractivity contribution in [2.75, 3.05) is 36.0 Å². The molecule has 0 aliphatic carbocycles. The molecule has 4 aromatic rings. The first-order valence-corrected chi connectivity index (χ1v) is 13.9.